The first-order chi connectivity index (χ1) is 13.4. The van der Waals surface area contributed by atoms with Crippen molar-refractivity contribution >= 4 is 11.8 Å². The molecule has 1 aliphatic carbocycles. The zero-order valence-corrected chi connectivity index (χ0v) is 16.3. The van der Waals surface area contributed by atoms with Gasteiger partial charge in [-0.3, -0.25) is 9.59 Å². The van der Waals surface area contributed by atoms with Crippen molar-refractivity contribution in [1.82, 2.24) is 10.2 Å². The van der Waals surface area contributed by atoms with E-state index in [0.29, 0.717) is 24.2 Å². The largest absolute Gasteiger partial charge is 0.496 e. The number of hydrogen-bond acceptors (Lipinski definition) is 3. The van der Waals surface area contributed by atoms with Gasteiger partial charge < -0.3 is 15.0 Å². The van der Waals surface area contributed by atoms with Crippen LogP contribution in [0.15, 0.2) is 48.5 Å². The zero-order valence-electron chi connectivity index (χ0n) is 16.3. The SMILES string of the molecule is COc1ccccc1C(=O)N[C@@H]1C[C@H](C(=O)N(C)C)[C@@H](c2ccc(F)cc2)C1. The first kappa shape index (κ1) is 19.9. The molecule has 5 nitrogen and oxygen atoms in total. The van der Waals surface area contributed by atoms with Crippen LogP contribution in [0.3, 0.4) is 0 Å². The number of ether oxygens (including phenoxy) is 1. The number of nitrogens with one attached hydrogen (secondary N) is 1. The van der Waals surface area contributed by atoms with Gasteiger partial charge in [0.2, 0.25) is 5.91 Å². The number of halogens is 1. The van der Waals surface area contributed by atoms with Crippen LogP contribution in [0.5, 0.6) is 5.75 Å². The van der Waals surface area contributed by atoms with E-state index < -0.39 is 0 Å². The summed E-state index contributed by atoms with van der Waals surface area (Å²) in [7, 11) is 4.98. The Kier molecular flexibility index (Phi) is 5.97. The minimum absolute atomic E-state index is 0.0170. The van der Waals surface area contributed by atoms with Crippen LogP contribution in [0.2, 0.25) is 0 Å². The quantitative estimate of drug-likeness (QED) is 0.861. The molecule has 148 valence electrons. The molecular formula is C22H25FN2O3. The topological polar surface area (TPSA) is 58.6 Å². The molecule has 1 aliphatic rings. The molecule has 1 N–H and O–H groups in total. The minimum atomic E-state index is -0.307. The third kappa shape index (κ3) is 4.16. The van der Waals surface area contributed by atoms with Crippen LogP contribution in [-0.2, 0) is 4.79 Å². The van der Waals surface area contributed by atoms with E-state index in [0.717, 1.165) is 5.56 Å². The van der Waals surface area contributed by atoms with Gasteiger partial charge in [-0.2, -0.15) is 0 Å². The molecule has 0 heterocycles. The zero-order chi connectivity index (χ0) is 20.3. The highest BCUT2D eigenvalue weighted by Gasteiger charge is 2.40. The van der Waals surface area contributed by atoms with Crippen molar-refractivity contribution in [2.45, 2.75) is 24.8 Å². The van der Waals surface area contributed by atoms with Gasteiger partial charge in [-0.05, 0) is 48.6 Å². The molecule has 3 rings (SSSR count). The minimum Gasteiger partial charge on any atom is -0.496 e. The third-order valence-corrected chi connectivity index (χ3v) is 5.31. The molecule has 0 unspecified atom stereocenters. The Balaban J connectivity index is 1.80. The molecule has 28 heavy (non-hydrogen) atoms. The normalized spacial score (nSPS) is 21.2. The van der Waals surface area contributed by atoms with E-state index in [1.807, 2.05) is 6.07 Å². The van der Waals surface area contributed by atoms with Crippen LogP contribution in [0.25, 0.3) is 0 Å². The lowest BCUT2D eigenvalue weighted by Crippen LogP contribution is -2.35. The molecular weight excluding hydrogens is 359 g/mol. The monoisotopic (exact) mass is 384 g/mol. The molecule has 0 saturated heterocycles. The predicted molar refractivity (Wildman–Crippen MR) is 105 cm³/mol. The van der Waals surface area contributed by atoms with Crippen molar-refractivity contribution in [3.05, 3.63) is 65.5 Å². The van der Waals surface area contributed by atoms with Crippen molar-refractivity contribution in [2.75, 3.05) is 21.2 Å². The molecule has 1 saturated carbocycles. The summed E-state index contributed by atoms with van der Waals surface area (Å²) >= 11 is 0. The van der Waals surface area contributed by atoms with E-state index in [1.165, 1.54) is 19.2 Å². The van der Waals surface area contributed by atoms with E-state index in [-0.39, 0.29) is 35.5 Å². The summed E-state index contributed by atoms with van der Waals surface area (Å²) in [5, 5.41) is 3.04. The van der Waals surface area contributed by atoms with Crippen LogP contribution in [0.4, 0.5) is 4.39 Å². The highest BCUT2D eigenvalue weighted by Crippen LogP contribution is 2.41. The van der Waals surface area contributed by atoms with E-state index in [4.69, 9.17) is 4.74 Å². The van der Waals surface area contributed by atoms with Gasteiger partial charge in [0, 0.05) is 26.1 Å². The third-order valence-electron chi connectivity index (χ3n) is 5.31. The summed E-state index contributed by atoms with van der Waals surface area (Å²) in [6.07, 6.45) is 1.16. The number of nitrogens with zero attached hydrogens (tertiary/aromatic N) is 1. The predicted octanol–water partition coefficient (Wildman–Crippen LogP) is 3.21. The van der Waals surface area contributed by atoms with Crippen LogP contribution in [0, 0.1) is 11.7 Å². The number of amides is 2. The lowest BCUT2D eigenvalue weighted by atomic mass is 9.88. The standard InChI is InChI=1S/C22H25FN2O3/c1-25(2)22(27)19-13-16(12-18(19)14-8-10-15(23)11-9-14)24-21(26)17-6-4-5-7-20(17)28-3/h4-11,16,18-19H,12-13H2,1-3H3,(H,24,26)/t16-,18+,19-/m0/s1. The Bertz CT molecular complexity index is 851. The average molecular weight is 384 g/mol. The van der Waals surface area contributed by atoms with Crippen molar-refractivity contribution in [2.24, 2.45) is 5.92 Å². The maximum absolute atomic E-state index is 13.3. The highest BCUT2D eigenvalue weighted by molar-refractivity contribution is 5.97. The maximum atomic E-state index is 13.3. The molecule has 3 atom stereocenters. The first-order valence-electron chi connectivity index (χ1n) is 9.31. The Morgan fingerprint density at radius 3 is 2.39 bits per heavy atom. The fourth-order valence-electron chi connectivity index (χ4n) is 3.93. The number of hydrogen-bond donors (Lipinski definition) is 1. The second-order valence-electron chi connectivity index (χ2n) is 7.34. The fraction of sp³-hybridized carbons (Fsp3) is 0.364. The number of methoxy groups -OCH3 is 1. The Morgan fingerprint density at radius 1 is 1.07 bits per heavy atom. The van der Waals surface area contributed by atoms with Crippen LogP contribution in [0.1, 0.15) is 34.7 Å². The molecule has 0 spiro atoms. The number of benzene rings is 2. The molecule has 2 aromatic carbocycles. The van der Waals surface area contributed by atoms with E-state index >= 15 is 0 Å². The molecule has 0 aliphatic heterocycles. The number of para-hydroxylation sites is 1. The van der Waals surface area contributed by atoms with Gasteiger partial charge in [0.15, 0.2) is 0 Å². The first-order valence-corrected chi connectivity index (χ1v) is 9.31. The summed E-state index contributed by atoms with van der Waals surface area (Å²) in [6, 6.07) is 13.2. The van der Waals surface area contributed by atoms with Gasteiger partial charge in [-0.1, -0.05) is 24.3 Å². The molecule has 2 amide bonds. The summed E-state index contributed by atoms with van der Waals surface area (Å²) in [5.41, 5.74) is 1.38. The van der Waals surface area contributed by atoms with Crippen LogP contribution in [-0.4, -0.2) is 44.0 Å². The second-order valence-corrected chi connectivity index (χ2v) is 7.34. The van der Waals surface area contributed by atoms with E-state index in [2.05, 4.69) is 5.32 Å². The number of rotatable bonds is 5. The van der Waals surface area contributed by atoms with Gasteiger partial charge in [-0.25, -0.2) is 4.39 Å². The fourth-order valence-corrected chi connectivity index (χ4v) is 3.93. The summed E-state index contributed by atoms with van der Waals surface area (Å²) in [6.45, 7) is 0. The lowest BCUT2D eigenvalue weighted by Gasteiger charge is -2.22. The van der Waals surface area contributed by atoms with Crippen molar-refractivity contribution in [3.63, 3.8) is 0 Å². The molecule has 0 bridgehead atoms. The lowest BCUT2D eigenvalue weighted by molar-refractivity contribution is -0.133. The van der Waals surface area contributed by atoms with Gasteiger partial charge in [0.05, 0.1) is 12.7 Å². The Hall–Kier alpha value is -2.89. The molecule has 6 heteroatoms. The van der Waals surface area contributed by atoms with Gasteiger partial charge in [0.25, 0.3) is 5.91 Å². The van der Waals surface area contributed by atoms with Gasteiger partial charge in [-0.15, -0.1) is 0 Å². The summed E-state index contributed by atoms with van der Waals surface area (Å²) in [5.74, 6) is -0.337. The molecule has 0 aromatic heterocycles. The number of carbonyl (C=O) groups is 2. The molecule has 0 radical (unpaired) electrons. The summed E-state index contributed by atoms with van der Waals surface area (Å²) < 4.78 is 18.6. The number of carbonyl (C=O) groups excluding carboxylic acids is 2. The smallest absolute Gasteiger partial charge is 0.255 e. The maximum Gasteiger partial charge on any atom is 0.255 e. The van der Waals surface area contributed by atoms with E-state index in [9.17, 15) is 14.0 Å². The van der Waals surface area contributed by atoms with Crippen LogP contribution < -0.4 is 10.1 Å². The second kappa shape index (κ2) is 8.42. The Morgan fingerprint density at radius 2 is 1.75 bits per heavy atom. The highest BCUT2D eigenvalue weighted by atomic mass is 19.1. The van der Waals surface area contributed by atoms with Gasteiger partial charge >= 0.3 is 0 Å². The molecule has 2 aromatic rings. The van der Waals surface area contributed by atoms with Gasteiger partial charge in [0.1, 0.15) is 11.6 Å². The van der Waals surface area contributed by atoms with Crippen molar-refractivity contribution in [3.8, 4) is 5.75 Å². The van der Waals surface area contributed by atoms with Crippen LogP contribution >= 0.6 is 0 Å². The average Bonchev–Trinajstić information content (AvgIpc) is 3.11. The van der Waals surface area contributed by atoms with Crippen molar-refractivity contribution < 1.29 is 18.7 Å². The van der Waals surface area contributed by atoms with Crippen molar-refractivity contribution in [1.29, 1.82) is 0 Å². The van der Waals surface area contributed by atoms with E-state index in [1.54, 1.807) is 49.3 Å². The summed E-state index contributed by atoms with van der Waals surface area (Å²) in [4.78, 5) is 27.0. The molecule has 1 fully saturated rings. The Labute approximate surface area is 164 Å².